The Morgan fingerprint density at radius 3 is 2.68 bits per heavy atom. The lowest BCUT2D eigenvalue weighted by Gasteiger charge is -2.07. The highest BCUT2D eigenvalue weighted by molar-refractivity contribution is 7.99. The molecule has 6 nitrogen and oxygen atoms in total. The van der Waals surface area contributed by atoms with Crippen LogP contribution in [0.3, 0.4) is 0 Å². The normalized spacial score (nSPS) is 10.9. The van der Waals surface area contributed by atoms with Crippen molar-refractivity contribution in [2.45, 2.75) is 12.1 Å². The van der Waals surface area contributed by atoms with Gasteiger partial charge in [-0.3, -0.25) is 4.79 Å². The second kappa shape index (κ2) is 7.74. The van der Waals surface area contributed by atoms with Gasteiger partial charge in [-0.15, -0.1) is 10.2 Å². The fourth-order valence-electron chi connectivity index (χ4n) is 2.95. The number of nitrogens with two attached hydrogens (primary N) is 1. The van der Waals surface area contributed by atoms with Crippen LogP contribution in [0.5, 0.6) is 0 Å². The van der Waals surface area contributed by atoms with E-state index in [-0.39, 0.29) is 11.7 Å². The van der Waals surface area contributed by atoms with Crippen LogP contribution in [0.2, 0.25) is 0 Å². The smallest absolute Gasteiger partial charge is 0.234 e. The predicted octanol–water partition coefficient (Wildman–Crippen LogP) is 3.85. The second-order valence-corrected chi connectivity index (χ2v) is 7.39. The third-order valence-corrected chi connectivity index (χ3v) is 5.25. The largest absolute Gasteiger partial charge is 0.335 e. The van der Waals surface area contributed by atoms with Gasteiger partial charge in [-0.2, -0.15) is 0 Å². The Kier molecular flexibility index (Phi) is 4.99. The molecule has 1 heterocycles. The van der Waals surface area contributed by atoms with Gasteiger partial charge in [0.05, 0.1) is 5.75 Å². The van der Waals surface area contributed by atoms with Crippen LogP contribution in [0.15, 0.2) is 71.9 Å². The quantitative estimate of drug-likeness (QED) is 0.400. The van der Waals surface area contributed by atoms with Crippen LogP contribution in [-0.4, -0.2) is 26.5 Å². The van der Waals surface area contributed by atoms with Crippen molar-refractivity contribution in [3.8, 4) is 11.4 Å². The molecule has 0 saturated carbocycles. The van der Waals surface area contributed by atoms with Crippen LogP contribution >= 0.6 is 11.8 Å². The number of aryl methyl sites for hydroxylation is 1. The van der Waals surface area contributed by atoms with Crippen LogP contribution < -0.4 is 11.2 Å². The van der Waals surface area contributed by atoms with Crippen molar-refractivity contribution in [2.75, 3.05) is 16.9 Å². The molecule has 0 aliphatic heterocycles. The lowest BCUT2D eigenvalue weighted by molar-refractivity contribution is -0.113. The fraction of sp³-hybridized carbons (Fsp3) is 0.0952. The Hall–Kier alpha value is -3.32. The number of carbonyl (C=O) groups excluding carboxylic acids is 1. The topological polar surface area (TPSA) is 85.8 Å². The number of hydrogen-bond donors (Lipinski definition) is 2. The summed E-state index contributed by atoms with van der Waals surface area (Å²) in [6, 6.07) is 21.7. The van der Waals surface area contributed by atoms with Gasteiger partial charge < -0.3 is 11.2 Å². The summed E-state index contributed by atoms with van der Waals surface area (Å²) in [4.78, 5) is 12.3. The van der Waals surface area contributed by atoms with Crippen LogP contribution in [0.4, 0.5) is 5.69 Å². The molecule has 4 aromatic rings. The van der Waals surface area contributed by atoms with Crippen molar-refractivity contribution in [3.05, 3.63) is 72.3 Å². The molecule has 0 atom stereocenters. The van der Waals surface area contributed by atoms with Crippen molar-refractivity contribution < 1.29 is 4.79 Å². The van der Waals surface area contributed by atoms with E-state index in [4.69, 9.17) is 5.84 Å². The van der Waals surface area contributed by atoms with Crippen molar-refractivity contribution in [2.24, 2.45) is 0 Å². The molecule has 0 radical (unpaired) electrons. The predicted molar refractivity (Wildman–Crippen MR) is 114 cm³/mol. The van der Waals surface area contributed by atoms with Crippen LogP contribution in [-0.2, 0) is 4.79 Å². The Balaban J connectivity index is 1.42. The minimum Gasteiger partial charge on any atom is -0.335 e. The Morgan fingerprint density at radius 1 is 1.04 bits per heavy atom. The number of nitrogens with zero attached hydrogens (tertiary/aromatic N) is 3. The maximum absolute atomic E-state index is 12.3. The summed E-state index contributed by atoms with van der Waals surface area (Å²) in [5.74, 6) is 6.76. The molecule has 1 aromatic heterocycles. The van der Waals surface area contributed by atoms with Gasteiger partial charge in [0.25, 0.3) is 0 Å². The van der Waals surface area contributed by atoms with Gasteiger partial charge in [0.15, 0.2) is 5.82 Å². The number of benzene rings is 3. The molecule has 0 saturated heterocycles. The lowest BCUT2D eigenvalue weighted by atomic mass is 10.1. The molecule has 28 heavy (non-hydrogen) atoms. The van der Waals surface area contributed by atoms with E-state index in [0.29, 0.717) is 11.0 Å². The SMILES string of the molecule is Cc1cccc(-c2nnc(SCC(=O)Nc3ccc4ccccc4c3)n2N)c1. The Bertz CT molecular complexity index is 1150. The summed E-state index contributed by atoms with van der Waals surface area (Å²) in [6.07, 6.45) is 0. The standard InChI is InChI=1S/C21H19N5OS/c1-14-5-4-8-17(11-14)20-24-25-21(26(20)22)28-13-19(27)23-18-10-9-15-6-2-3-7-16(15)12-18/h2-12H,13,22H2,1H3,(H,23,27). The monoisotopic (exact) mass is 389 g/mol. The number of carbonyl (C=O) groups is 1. The van der Waals surface area contributed by atoms with E-state index in [1.165, 1.54) is 16.4 Å². The first-order valence-electron chi connectivity index (χ1n) is 8.79. The number of rotatable bonds is 5. The molecule has 0 bridgehead atoms. The summed E-state index contributed by atoms with van der Waals surface area (Å²) in [6.45, 7) is 2.01. The third kappa shape index (κ3) is 3.84. The first kappa shape index (κ1) is 18.1. The van der Waals surface area contributed by atoms with Crippen molar-refractivity contribution in [3.63, 3.8) is 0 Å². The molecular weight excluding hydrogens is 370 g/mol. The Morgan fingerprint density at radius 2 is 1.86 bits per heavy atom. The van der Waals surface area contributed by atoms with Crippen molar-refractivity contribution in [1.29, 1.82) is 0 Å². The summed E-state index contributed by atoms with van der Waals surface area (Å²) in [5.41, 5.74) is 2.77. The van der Waals surface area contributed by atoms with E-state index in [0.717, 1.165) is 27.6 Å². The minimum absolute atomic E-state index is 0.125. The molecular formula is C21H19N5OS. The zero-order chi connectivity index (χ0) is 19.5. The minimum atomic E-state index is -0.125. The number of nitrogens with one attached hydrogen (secondary N) is 1. The summed E-state index contributed by atoms with van der Waals surface area (Å²) < 4.78 is 1.42. The highest BCUT2D eigenvalue weighted by Crippen LogP contribution is 2.23. The fourth-order valence-corrected chi connectivity index (χ4v) is 3.61. The van der Waals surface area contributed by atoms with E-state index in [9.17, 15) is 4.79 Å². The van der Waals surface area contributed by atoms with Crippen LogP contribution in [0.25, 0.3) is 22.2 Å². The third-order valence-electron chi connectivity index (χ3n) is 4.31. The van der Waals surface area contributed by atoms with Gasteiger partial charge in [-0.05, 0) is 35.9 Å². The number of hydrogen-bond acceptors (Lipinski definition) is 5. The van der Waals surface area contributed by atoms with Crippen molar-refractivity contribution >= 4 is 34.1 Å². The molecule has 0 unspecified atom stereocenters. The first-order chi connectivity index (χ1) is 13.6. The molecule has 4 rings (SSSR count). The number of fused-ring (bicyclic) bond motifs is 1. The Labute approximate surface area is 166 Å². The number of aromatic nitrogens is 3. The second-order valence-electron chi connectivity index (χ2n) is 6.44. The number of thioether (sulfide) groups is 1. The van der Waals surface area contributed by atoms with E-state index in [1.807, 2.05) is 73.7 Å². The van der Waals surface area contributed by atoms with E-state index >= 15 is 0 Å². The molecule has 140 valence electrons. The number of amides is 1. The highest BCUT2D eigenvalue weighted by Gasteiger charge is 2.14. The van der Waals surface area contributed by atoms with E-state index in [1.54, 1.807) is 0 Å². The maximum Gasteiger partial charge on any atom is 0.234 e. The number of anilines is 1. The molecule has 0 aliphatic rings. The molecule has 1 amide bonds. The van der Waals surface area contributed by atoms with Crippen LogP contribution in [0.1, 0.15) is 5.56 Å². The first-order valence-corrected chi connectivity index (χ1v) is 9.78. The number of nitrogen functional groups attached to an aromatic ring is 1. The molecule has 0 aliphatic carbocycles. The summed E-state index contributed by atoms with van der Waals surface area (Å²) in [7, 11) is 0. The van der Waals surface area contributed by atoms with Crippen LogP contribution in [0, 0.1) is 6.92 Å². The van der Waals surface area contributed by atoms with Gasteiger partial charge >= 0.3 is 0 Å². The molecule has 7 heteroatoms. The molecule has 3 N–H and O–H groups in total. The summed E-state index contributed by atoms with van der Waals surface area (Å²) in [5, 5.41) is 13.9. The van der Waals surface area contributed by atoms with Gasteiger partial charge in [-0.25, -0.2) is 4.68 Å². The van der Waals surface area contributed by atoms with Crippen molar-refractivity contribution in [1.82, 2.24) is 14.9 Å². The van der Waals surface area contributed by atoms with Gasteiger partial charge in [0.1, 0.15) is 0 Å². The van der Waals surface area contributed by atoms with E-state index < -0.39 is 0 Å². The maximum atomic E-state index is 12.3. The van der Waals surface area contributed by atoms with E-state index in [2.05, 4.69) is 15.5 Å². The highest BCUT2D eigenvalue weighted by atomic mass is 32.2. The van der Waals surface area contributed by atoms with Gasteiger partial charge in [0, 0.05) is 11.3 Å². The zero-order valence-corrected chi connectivity index (χ0v) is 16.1. The average Bonchev–Trinajstić information content (AvgIpc) is 3.07. The molecule has 0 fully saturated rings. The van der Waals surface area contributed by atoms with Gasteiger partial charge in [0.2, 0.25) is 11.1 Å². The average molecular weight is 389 g/mol. The lowest BCUT2D eigenvalue weighted by Crippen LogP contribution is -2.16. The summed E-state index contributed by atoms with van der Waals surface area (Å²) >= 11 is 1.25. The zero-order valence-electron chi connectivity index (χ0n) is 15.3. The molecule has 3 aromatic carbocycles. The molecule has 0 spiro atoms. The van der Waals surface area contributed by atoms with Gasteiger partial charge in [-0.1, -0.05) is 65.9 Å².